The van der Waals surface area contributed by atoms with Crippen molar-refractivity contribution in [2.45, 2.75) is 6.54 Å². The summed E-state index contributed by atoms with van der Waals surface area (Å²) in [5.74, 6) is -0.597. The molecule has 94 valence electrons. The molecule has 2 amide bonds. The van der Waals surface area contributed by atoms with Crippen LogP contribution in [-0.4, -0.2) is 21.7 Å². The van der Waals surface area contributed by atoms with Crippen molar-refractivity contribution in [2.24, 2.45) is 0 Å². The van der Waals surface area contributed by atoms with Gasteiger partial charge in [0.2, 0.25) is 0 Å². The zero-order valence-corrected chi connectivity index (χ0v) is 10.0. The number of hydrogen-bond donors (Lipinski definition) is 1. The zero-order chi connectivity index (χ0) is 13.4. The summed E-state index contributed by atoms with van der Waals surface area (Å²) in [5.41, 5.74) is 7.70. The van der Waals surface area contributed by atoms with Crippen LogP contribution < -0.4 is 5.73 Å². The van der Waals surface area contributed by atoms with Crippen LogP contribution in [0.5, 0.6) is 0 Å². The minimum atomic E-state index is -0.309. The third-order valence-electron chi connectivity index (χ3n) is 3.06. The molecular formula is C14H11N3O2. The number of nitrogens with two attached hydrogens (primary N) is 1. The molecule has 1 aromatic carbocycles. The lowest BCUT2D eigenvalue weighted by Crippen LogP contribution is -2.29. The predicted octanol–water partition coefficient (Wildman–Crippen LogP) is 1.46. The summed E-state index contributed by atoms with van der Waals surface area (Å²) in [4.78, 5) is 29.5. The van der Waals surface area contributed by atoms with E-state index in [0.717, 1.165) is 5.56 Å². The molecule has 2 N–H and O–H groups in total. The van der Waals surface area contributed by atoms with Gasteiger partial charge in [-0.25, -0.2) is 0 Å². The fourth-order valence-electron chi connectivity index (χ4n) is 2.13. The highest BCUT2D eigenvalue weighted by Crippen LogP contribution is 2.26. The number of pyridine rings is 1. The van der Waals surface area contributed by atoms with Crippen LogP contribution in [0.1, 0.15) is 26.3 Å². The molecular weight excluding hydrogens is 242 g/mol. The SMILES string of the molecule is Nc1ccc2c(c1)C(=O)N(Cc1cccnc1)C2=O. The first-order valence-electron chi connectivity index (χ1n) is 5.81. The monoisotopic (exact) mass is 253 g/mol. The fourth-order valence-corrected chi connectivity index (χ4v) is 2.13. The molecule has 0 spiro atoms. The number of nitrogens with zero attached hydrogens (tertiary/aromatic N) is 2. The van der Waals surface area contributed by atoms with Crippen molar-refractivity contribution >= 4 is 17.5 Å². The highest BCUT2D eigenvalue weighted by molar-refractivity contribution is 6.21. The average Bonchev–Trinajstić information content (AvgIpc) is 2.65. The van der Waals surface area contributed by atoms with E-state index < -0.39 is 0 Å². The number of fused-ring (bicyclic) bond motifs is 1. The molecule has 0 atom stereocenters. The van der Waals surface area contributed by atoms with Crippen molar-refractivity contribution in [2.75, 3.05) is 5.73 Å². The Balaban J connectivity index is 1.95. The van der Waals surface area contributed by atoms with E-state index in [9.17, 15) is 9.59 Å². The Hall–Kier alpha value is -2.69. The third kappa shape index (κ3) is 1.85. The molecule has 5 heteroatoms. The van der Waals surface area contributed by atoms with Crippen LogP contribution in [0.4, 0.5) is 5.69 Å². The molecule has 0 aliphatic carbocycles. The first kappa shape index (κ1) is 11.4. The summed E-state index contributed by atoms with van der Waals surface area (Å²) in [5, 5.41) is 0. The number of carbonyl (C=O) groups is 2. The lowest BCUT2D eigenvalue weighted by atomic mass is 10.1. The lowest BCUT2D eigenvalue weighted by molar-refractivity contribution is 0.0642. The maximum absolute atomic E-state index is 12.2. The number of aromatic nitrogens is 1. The van der Waals surface area contributed by atoms with Gasteiger partial charge in [0.1, 0.15) is 0 Å². The standard InChI is InChI=1S/C14H11N3O2/c15-10-3-4-11-12(6-10)14(19)17(13(11)18)8-9-2-1-5-16-7-9/h1-7H,8,15H2. The predicted molar refractivity (Wildman–Crippen MR) is 69.3 cm³/mol. The molecule has 1 aromatic heterocycles. The third-order valence-corrected chi connectivity index (χ3v) is 3.06. The van der Waals surface area contributed by atoms with Gasteiger partial charge >= 0.3 is 0 Å². The van der Waals surface area contributed by atoms with Gasteiger partial charge in [-0.3, -0.25) is 19.5 Å². The van der Waals surface area contributed by atoms with Gasteiger partial charge in [-0.2, -0.15) is 0 Å². The van der Waals surface area contributed by atoms with Crippen molar-refractivity contribution in [3.63, 3.8) is 0 Å². The lowest BCUT2D eigenvalue weighted by Gasteiger charge is -2.13. The molecule has 3 rings (SSSR count). The van der Waals surface area contributed by atoms with Crippen molar-refractivity contribution in [3.05, 3.63) is 59.4 Å². The van der Waals surface area contributed by atoms with E-state index in [1.165, 1.54) is 4.90 Å². The largest absolute Gasteiger partial charge is 0.399 e. The first-order chi connectivity index (χ1) is 9.16. The van der Waals surface area contributed by atoms with Crippen LogP contribution in [0, 0.1) is 0 Å². The van der Waals surface area contributed by atoms with Gasteiger partial charge in [-0.05, 0) is 29.8 Å². The van der Waals surface area contributed by atoms with E-state index in [1.807, 2.05) is 6.07 Å². The van der Waals surface area contributed by atoms with E-state index in [4.69, 9.17) is 5.73 Å². The molecule has 0 radical (unpaired) electrons. The van der Waals surface area contributed by atoms with Gasteiger partial charge in [-0.1, -0.05) is 6.07 Å². The summed E-state index contributed by atoms with van der Waals surface area (Å²) in [6.45, 7) is 0.222. The summed E-state index contributed by atoms with van der Waals surface area (Å²) < 4.78 is 0. The van der Waals surface area contributed by atoms with E-state index in [-0.39, 0.29) is 18.4 Å². The van der Waals surface area contributed by atoms with Crippen LogP contribution in [0.3, 0.4) is 0 Å². The van der Waals surface area contributed by atoms with Gasteiger partial charge < -0.3 is 5.73 Å². The molecule has 0 saturated carbocycles. The summed E-state index contributed by atoms with van der Waals surface area (Å²) in [6, 6.07) is 8.35. The highest BCUT2D eigenvalue weighted by atomic mass is 16.2. The second-order valence-electron chi connectivity index (χ2n) is 4.36. The Morgan fingerprint density at radius 2 is 1.89 bits per heavy atom. The maximum atomic E-state index is 12.2. The average molecular weight is 253 g/mol. The molecule has 5 nitrogen and oxygen atoms in total. The summed E-state index contributed by atoms with van der Waals surface area (Å²) in [7, 11) is 0. The van der Waals surface area contributed by atoms with Crippen LogP contribution in [0.2, 0.25) is 0 Å². The van der Waals surface area contributed by atoms with Crippen molar-refractivity contribution in [3.8, 4) is 0 Å². The van der Waals surface area contributed by atoms with Gasteiger partial charge in [0, 0.05) is 18.1 Å². The first-order valence-corrected chi connectivity index (χ1v) is 5.81. The smallest absolute Gasteiger partial charge is 0.261 e. The number of carbonyl (C=O) groups excluding carboxylic acids is 2. The summed E-state index contributed by atoms with van der Waals surface area (Å²) >= 11 is 0. The van der Waals surface area contributed by atoms with Crippen molar-refractivity contribution < 1.29 is 9.59 Å². The Morgan fingerprint density at radius 3 is 2.63 bits per heavy atom. The molecule has 0 bridgehead atoms. The van der Waals surface area contributed by atoms with Crippen molar-refractivity contribution in [1.29, 1.82) is 0 Å². The summed E-state index contributed by atoms with van der Waals surface area (Å²) in [6.07, 6.45) is 3.28. The number of rotatable bonds is 2. The number of imide groups is 1. The Bertz CT molecular complexity index is 668. The Morgan fingerprint density at radius 1 is 1.11 bits per heavy atom. The van der Waals surface area contributed by atoms with Gasteiger partial charge in [0.15, 0.2) is 0 Å². The Kier molecular flexibility index (Phi) is 2.52. The second kappa shape index (κ2) is 4.20. The number of anilines is 1. The van der Waals surface area contributed by atoms with Gasteiger partial charge in [-0.15, -0.1) is 0 Å². The van der Waals surface area contributed by atoms with Gasteiger partial charge in [0.25, 0.3) is 11.8 Å². The number of hydrogen-bond acceptors (Lipinski definition) is 4. The minimum Gasteiger partial charge on any atom is -0.399 e. The van der Waals surface area contributed by atoms with E-state index in [1.54, 1.807) is 36.7 Å². The quantitative estimate of drug-likeness (QED) is 0.649. The number of benzene rings is 1. The molecule has 0 fully saturated rings. The highest BCUT2D eigenvalue weighted by Gasteiger charge is 2.35. The molecule has 1 aliphatic heterocycles. The van der Waals surface area contributed by atoms with E-state index in [2.05, 4.69) is 4.98 Å². The molecule has 19 heavy (non-hydrogen) atoms. The maximum Gasteiger partial charge on any atom is 0.261 e. The molecule has 1 aliphatic rings. The van der Waals surface area contributed by atoms with Crippen LogP contribution in [0.25, 0.3) is 0 Å². The van der Waals surface area contributed by atoms with Crippen LogP contribution in [-0.2, 0) is 6.54 Å². The number of amides is 2. The number of nitrogen functional groups attached to an aromatic ring is 1. The fraction of sp³-hybridized carbons (Fsp3) is 0.0714. The zero-order valence-electron chi connectivity index (χ0n) is 10.0. The molecule has 0 unspecified atom stereocenters. The topological polar surface area (TPSA) is 76.3 Å². The molecule has 2 aromatic rings. The second-order valence-corrected chi connectivity index (χ2v) is 4.36. The van der Waals surface area contributed by atoms with Crippen LogP contribution in [0.15, 0.2) is 42.7 Å². The molecule has 2 heterocycles. The Labute approximate surface area is 109 Å². The van der Waals surface area contributed by atoms with Gasteiger partial charge in [0.05, 0.1) is 17.7 Å². The van der Waals surface area contributed by atoms with E-state index in [0.29, 0.717) is 16.8 Å². The molecule has 0 saturated heterocycles. The van der Waals surface area contributed by atoms with Crippen molar-refractivity contribution in [1.82, 2.24) is 9.88 Å². The van der Waals surface area contributed by atoms with Crippen LogP contribution >= 0.6 is 0 Å². The van der Waals surface area contributed by atoms with E-state index >= 15 is 0 Å². The normalized spacial score (nSPS) is 13.8. The minimum absolute atomic E-state index is 0.222.